The van der Waals surface area contributed by atoms with E-state index in [2.05, 4.69) is 0 Å². The molecule has 2 amide bonds. The van der Waals surface area contributed by atoms with Gasteiger partial charge in [0.15, 0.2) is 0 Å². The van der Waals surface area contributed by atoms with Gasteiger partial charge in [-0.3, -0.25) is 14.5 Å². The summed E-state index contributed by atoms with van der Waals surface area (Å²) in [5.41, 5.74) is 0.194. The fourth-order valence-corrected chi connectivity index (χ4v) is 2.17. The second-order valence-corrected chi connectivity index (χ2v) is 5.67. The van der Waals surface area contributed by atoms with Crippen molar-refractivity contribution in [3.05, 3.63) is 30.1 Å². The van der Waals surface area contributed by atoms with Crippen LogP contribution in [-0.4, -0.2) is 11.8 Å². The second kappa shape index (κ2) is 4.19. The van der Waals surface area contributed by atoms with Crippen LogP contribution in [0.3, 0.4) is 0 Å². The maximum atomic E-state index is 12.8. The molecule has 0 spiro atoms. The van der Waals surface area contributed by atoms with Crippen molar-refractivity contribution >= 4 is 17.5 Å². The molecule has 0 saturated carbocycles. The molecule has 96 valence electrons. The Morgan fingerprint density at radius 3 is 2.17 bits per heavy atom. The minimum atomic E-state index is -0.384. The smallest absolute Gasteiger partial charge is 0.237 e. The van der Waals surface area contributed by atoms with Crippen LogP contribution < -0.4 is 4.90 Å². The van der Waals surface area contributed by atoms with Gasteiger partial charge >= 0.3 is 0 Å². The van der Waals surface area contributed by atoms with Gasteiger partial charge in [0, 0.05) is 6.42 Å². The zero-order valence-electron chi connectivity index (χ0n) is 10.7. The number of anilines is 1. The Kier molecular flexibility index (Phi) is 2.97. The first kappa shape index (κ1) is 12.7. The molecule has 4 heteroatoms. The summed E-state index contributed by atoms with van der Waals surface area (Å²) >= 11 is 0. The van der Waals surface area contributed by atoms with E-state index in [1.165, 1.54) is 24.3 Å². The van der Waals surface area contributed by atoms with Gasteiger partial charge < -0.3 is 0 Å². The van der Waals surface area contributed by atoms with Crippen LogP contribution >= 0.6 is 0 Å². The number of imide groups is 1. The lowest BCUT2D eigenvalue weighted by molar-refractivity contribution is -0.123. The summed E-state index contributed by atoms with van der Waals surface area (Å²) in [4.78, 5) is 25.4. The third kappa shape index (κ3) is 2.15. The minimum absolute atomic E-state index is 0.195. The molecule has 1 fully saturated rings. The standard InChI is InChI=1S/C14H16FNO2/c1-14(2,3)11-8-12(17)16(13(11)18)10-6-4-9(15)5-7-10/h4-7,11H,8H2,1-3H3. The molecular weight excluding hydrogens is 233 g/mol. The fraction of sp³-hybridized carbons (Fsp3) is 0.429. The number of benzene rings is 1. The lowest BCUT2D eigenvalue weighted by Crippen LogP contribution is -2.33. The highest BCUT2D eigenvalue weighted by atomic mass is 19.1. The molecule has 0 N–H and O–H groups in total. The van der Waals surface area contributed by atoms with Gasteiger partial charge in [-0.2, -0.15) is 0 Å². The fourth-order valence-electron chi connectivity index (χ4n) is 2.17. The van der Waals surface area contributed by atoms with Gasteiger partial charge in [0.25, 0.3) is 0 Å². The Labute approximate surface area is 106 Å². The maximum Gasteiger partial charge on any atom is 0.237 e. The molecule has 1 aliphatic heterocycles. The summed E-state index contributed by atoms with van der Waals surface area (Å²) in [6, 6.07) is 5.41. The number of rotatable bonds is 1. The SMILES string of the molecule is CC(C)(C)C1CC(=O)N(c2ccc(F)cc2)C1=O. The Morgan fingerprint density at radius 1 is 1.17 bits per heavy atom. The van der Waals surface area contributed by atoms with Crippen LogP contribution in [0.2, 0.25) is 0 Å². The van der Waals surface area contributed by atoms with Crippen LogP contribution in [0.5, 0.6) is 0 Å². The topological polar surface area (TPSA) is 37.4 Å². The van der Waals surface area contributed by atoms with Crippen molar-refractivity contribution in [3.8, 4) is 0 Å². The first-order valence-electron chi connectivity index (χ1n) is 5.93. The monoisotopic (exact) mass is 249 g/mol. The van der Waals surface area contributed by atoms with Crippen molar-refractivity contribution in [2.45, 2.75) is 27.2 Å². The first-order valence-corrected chi connectivity index (χ1v) is 5.93. The molecule has 0 radical (unpaired) electrons. The predicted molar refractivity (Wildman–Crippen MR) is 66.5 cm³/mol. The molecule has 1 atom stereocenters. The highest BCUT2D eigenvalue weighted by Crippen LogP contribution is 2.37. The molecule has 0 aliphatic carbocycles. The summed E-state index contributed by atoms with van der Waals surface area (Å²) in [5.74, 6) is -1.11. The van der Waals surface area contributed by atoms with E-state index in [0.29, 0.717) is 5.69 Å². The lowest BCUT2D eigenvalue weighted by Gasteiger charge is -2.24. The third-order valence-corrected chi connectivity index (χ3v) is 3.28. The summed E-state index contributed by atoms with van der Waals surface area (Å²) in [5, 5.41) is 0. The van der Waals surface area contributed by atoms with Crippen LogP contribution in [-0.2, 0) is 9.59 Å². The highest BCUT2D eigenvalue weighted by Gasteiger charge is 2.45. The molecule has 0 aromatic heterocycles. The second-order valence-electron chi connectivity index (χ2n) is 5.67. The van der Waals surface area contributed by atoms with Crippen molar-refractivity contribution in [1.29, 1.82) is 0 Å². The van der Waals surface area contributed by atoms with Crippen molar-refractivity contribution < 1.29 is 14.0 Å². The summed E-state index contributed by atoms with van der Waals surface area (Å²) in [6.45, 7) is 5.82. The van der Waals surface area contributed by atoms with E-state index in [-0.39, 0.29) is 35.4 Å². The van der Waals surface area contributed by atoms with Gasteiger partial charge in [0.05, 0.1) is 11.6 Å². The molecule has 1 aliphatic rings. The van der Waals surface area contributed by atoms with E-state index in [1.54, 1.807) is 0 Å². The Bertz CT molecular complexity index is 488. The number of hydrogen-bond donors (Lipinski definition) is 0. The van der Waals surface area contributed by atoms with Crippen molar-refractivity contribution in [2.75, 3.05) is 4.90 Å². The van der Waals surface area contributed by atoms with Crippen molar-refractivity contribution in [1.82, 2.24) is 0 Å². The molecule has 1 aromatic carbocycles. The van der Waals surface area contributed by atoms with Gasteiger partial charge in [-0.1, -0.05) is 20.8 Å². The van der Waals surface area contributed by atoms with E-state index in [1.807, 2.05) is 20.8 Å². The van der Waals surface area contributed by atoms with Crippen LogP contribution in [0.1, 0.15) is 27.2 Å². The zero-order valence-corrected chi connectivity index (χ0v) is 10.7. The van der Waals surface area contributed by atoms with E-state index >= 15 is 0 Å². The van der Waals surface area contributed by atoms with Gasteiger partial charge in [0.2, 0.25) is 11.8 Å². The third-order valence-electron chi connectivity index (χ3n) is 3.28. The Morgan fingerprint density at radius 2 is 1.72 bits per heavy atom. The summed E-state index contributed by atoms with van der Waals surface area (Å²) < 4.78 is 12.8. The Balaban J connectivity index is 2.33. The van der Waals surface area contributed by atoms with E-state index in [9.17, 15) is 14.0 Å². The van der Waals surface area contributed by atoms with Gasteiger partial charge in [0.1, 0.15) is 5.82 Å². The number of halogens is 1. The van der Waals surface area contributed by atoms with Crippen molar-refractivity contribution in [2.24, 2.45) is 11.3 Å². The molecule has 1 aromatic rings. The van der Waals surface area contributed by atoms with Crippen molar-refractivity contribution in [3.63, 3.8) is 0 Å². The number of carbonyl (C=O) groups is 2. The number of carbonyl (C=O) groups excluding carboxylic acids is 2. The predicted octanol–water partition coefficient (Wildman–Crippen LogP) is 2.75. The average molecular weight is 249 g/mol. The number of amides is 2. The van der Waals surface area contributed by atoms with Crippen LogP contribution in [0, 0.1) is 17.2 Å². The van der Waals surface area contributed by atoms with Crippen LogP contribution in [0.25, 0.3) is 0 Å². The number of nitrogens with zero attached hydrogens (tertiary/aromatic N) is 1. The van der Waals surface area contributed by atoms with Crippen LogP contribution in [0.15, 0.2) is 24.3 Å². The molecule has 1 heterocycles. The maximum absolute atomic E-state index is 12.8. The van der Waals surface area contributed by atoms with E-state index < -0.39 is 0 Å². The normalized spacial score (nSPS) is 20.7. The van der Waals surface area contributed by atoms with Crippen LogP contribution in [0.4, 0.5) is 10.1 Å². The molecule has 2 rings (SSSR count). The largest absolute Gasteiger partial charge is 0.274 e. The molecule has 18 heavy (non-hydrogen) atoms. The Hall–Kier alpha value is -1.71. The minimum Gasteiger partial charge on any atom is -0.274 e. The average Bonchev–Trinajstić information content (AvgIpc) is 2.56. The molecule has 1 saturated heterocycles. The van der Waals surface area contributed by atoms with Gasteiger partial charge in [-0.05, 0) is 29.7 Å². The lowest BCUT2D eigenvalue weighted by atomic mass is 9.80. The number of hydrogen-bond acceptors (Lipinski definition) is 2. The molecule has 0 bridgehead atoms. The quantitative estimate of drug-likeness (QED) is 0.718. The summed E-state index contributed by atoms with van der Waals surface area (Å²) in [6.07, 6.45) is 0.222. The summed E-state index contributed by atoms with van der Waals surface area (Å²) in [7, 11) is 0. The van der Waals surface area contributed by atoms with Gasteiger partial charge in [-0.25, -0.2) is 4.39 Å². The molecule has 1 unspecified atom stereocenters. The van der Waals surface area contributed by atoms with E-state index in [0.717, 1.165) is 4.90 Å². The van der Waals surface area contributed by atoms with Gasteiger partial charge in [-0.15, -0.1) is 0 Å². The first-order chi connectivity index (χ1) is 8.30. The molecular formula is C14H16FNO2. The molecule has 3 nitrogen and oxygen atoms in total. The zero-order chi connectivity index (χ0) is 13.5. The highest BCUT2D eigenvalue weighted by molar-refractivity contribution is 6.21. The van der Waals surface area contributed by atoms with E-state index in [4.69, 9.17) is 0 Å².